The van der Waals surface area contributed by atoms with E-state index in [2.05, 4.69) is 0 Å². The molecule has 2 atom stereocenters. The summed E-state index contributed by atoms with van der Waals surface area (Å²) in [5, 5.41) is 0.520. The second-order valence-corrected chi connectivity index (χ2v) is 6.07. The Balaban J connectivity index is 2.46. The molecule has 2 aromatic rings. The lowest BCUT2D eigenvalue weighted by molar-refractivity contribution is -0.151. The molecule has 0 aliphatic heterocycles. The van der Waals surface area contributed by atoms with E-state index in [1.807, 2.05) is 0 Å². The van der Waals surface area contributed by atoms with E-state index in [9.17, 15) is 14.4 Å². The van der Waals surface area contributed by atoms with E-state index >= 15 is 0 Å². The molecular weight excluding hydrogens is 368 g/mol. The first-order chi connectivity index (χ1) is 13.3. The number of hydrogen-bond donors (Lipinski definition) is 0. The van der Waals surface area contributed by atoms with Crippen molar-refractivity contribution in [2.75, 3.05) is 13.2 Å². The van der Waals surface area contributed by atoms with Gasteiger partial charge in [-0.3, -0.25) is 0 Å². The maximum Gasteiger partial charge on any atom is 0.347 e. The van der Waals surface area contributed by atoms with Crippen molar-refractivity contribution in [2.45, 2.75) is 46.8 Å². The maximum absolute atomic E-state index is 11.9. The number of aryl methyl sites for hydroxylation is 1. The predicted molar refractivity (Wildman–Crippen MR) is 101 cm³/mol. The van der Waals surface area contributed by atoms with Crippen LogP contribution >= 0.6 is 0 Å². The van der Waals surface area contributed by atoms with Gasteiger partial charge >= 0.3 is 17.6 Å². The molecule has 8 heteroatoms. The lowest BCUT2D eigenvalue weighted by Gasteiger charge is -2.18. The SMILES string of the molecule is CCOC(=O)[C@H](C)Oc1cc(O[C@H](C)C(=O)OCC)c2c(C)cc(=O)oc2c1. The van der Waals surface area contributed by atoms with Crippen LogP contribution in [0.5, 0.6) is 11.5 Å². The summed E-state index contributed by atoms with van der Waals surface area (Å²) >= 11 is 0. The number of esters is 2. The van der Waals surface area contributed by atoms with Crippen molar-refractivity contribution in [3.8, 4) is 11.5 Å². The molecule has 1 aromatic heterocycles. The molecular formula is C20H24O8. The maximum atomic E-state index is 11.9. The molecule has 0 aliphatic rings. The van der Waals surface area contributed by atoms with Gasteiger partial charge in [0.25, 0.3) is 0 Å². The van der Waals surface area contributed by atoms with Crippen LogP contribution in [-0.4, -0.2) is 37.4 Å². The van der Waals surface area contributed by atoms with Crippen LogP contribution < -0.4 is 15.1 Å². The van der Waals surface area contributed by atoms with Crippen molar-refractivity contribution >= 4 is 22.9 Å². The highest BCUT2D eigenvalue weighted by Crippen LogP contribution is 2.34. The molecule has 0 amide bonds. The number of hydrogen-bond acceptors (Lipinski definition) is 8. The summed E-state index contributed by atoms with van der Waals surface area (Å²) in [5.74, 6) is -0.564. The average molecular weight is 392 g/mol. The normalized spacial score (nSPS) is 12.9. The van der Waals surface area contributed by atoms with E-state index < -0.39 is 29.8 Å². The van der Waals surface area contributed by atoms with E-state index in [1.165, 1.54) is 25.1 Å². The Morgan fingerprint density at radius 1 is 0.964 bits per heavy atom. The minimum Gasteiger partial charge on any atom is -0.479 e. The third kappa shape index (κ3) is 5.03. The number of rotatable bonds is 8. The highest BCUT2D eigenvalue weighted by atomic mass is 16.6. The van der Waals surface area contributed by atoms with Crippen molar-refractivity contribution in [3.05, 3.63) is 34.2 Å². The zero-order chi connectivity index (χ0) is 20.8. The summed E-state index contributed by atoms with van der Waals surface area (Å²) < 4.78 is 26.5. The highest BCUT2D eigenvalue weighted by molar-refractivity contribution is 5.89. The summed E-state index contributed by atoms with van der Waals surface area (Å²) in [4.78, 5) is 35.5. The Labute approximate surface area is 162 Å². The molecule has 152 valence electrons. The smallest absolute Gasteiger partial charge is 0.347 e. The molecule has 0 radical (unpaired) electrons. The molecule has 0 saturated carbocycles. The van der Waals surface area contributed by atoms with Gasteiger partial charge in [0.1, 0.15) is 17.1 Å². The van der Waals surface area contributed by atoms with Gasteiger partial charge in [0, 0.05) is 18.2 Å². The van der Waals surface area contributed by atoms with Gasteiger partial charge in [-0.1, -0.05) is 0 Å². The summed E-state index contributed by atoms with van der Waals surface area (Å²) in [5.41, 5.74) is 0.289. The van der Waals surface area contributed by atoms with Gasteiger partial charge < -0.3 is 23.4 Å². The van der Waals surface area contributed by atoms with Gasteiger partial charge in [-0.05, 0) is 40.2 Å². The van der Waals surface area contributed by atoms with E-state index in [0.29, 0.717) is 10.9 Å². The van der Waals surface area contributed by atoms with E-state index in [-0.39, 0.29) is 30.3 Å². The quantitative estimate of drug-likeness (QED) is 0.499. The van der Waals surface area contributed by atoms with Crippen LogP contribution in [0.2, 0.25) is 0 Å². The fraction of sp³-hybridized carbons (Fsp3) is 0.450. The van der Waals surface area contributed by atoms with Crippen LogP contribution in [0.1, 0.15) is 33.3 Å². The molecule has 28 heavy (non-hydrogen) atoms. The zero-order valence-electron chi connectivity index (χ0n) is 16.6. The highest BCUT2D eigenvalue weighted by Gasteiger charge is 2.22. The Kier molecular flexibility index (Phi) is 7.03. The van der Waals surface area contributed by atoms with Crippen molar-refractivity contribution in [2.24, 2.45) is 0 Å². The summed E-state index contributed by atoms with van der Waals surface area (Å²) in [7, 11) is 0. The van der Waals surface area contributed by atoms with Crippen molar-refractivity contribution in [1.29, 1.82) is 0 Å². The van der Waals surface area contributed by atoms with Crippen LogP contribution in [0.3, 0.4) is 0 Å². The number of carbonyl (C=O) groups is 2. The minimum absolute atomic E-state index is 0.213. The Morgan fingerprint density at radius 3 is 2.11 bits per heavy atom. The predicted octanol–water partition coefficient (Wildman–Crippen LogP) is 2.76. The summed E-state index contributed by atoms with van der Waals surface area (Å²) in [6.45, 7) is 8.66. The van der Waals surface area contributed by atoms with Crippen molar-refractivity contribution in [1.82, 2.24) is 0 Å². The fourth-order valence-corrected chi connectivity index (χ4v) is 2.59. The van der Waals surface area contributed by atoms with Gasteiger partial charge in [-0.15, -0.1) is 0 Å². The van der Waals surface area contributed by atoms with Gasteiger partial charge in [0.15, 0.2) is 12.2 Å². The van der Waals surface area contributed by atoms with Crippen molar-refractivity contribution in [3.63, 3.8) is 0 Å². The van der Waals surface area contributed by atoms with Crippen LogP contribution in [-0.2, 0) is 19.1 Å². The molecule has 8 nitrogen and oxygen atoms in total. The van der Waals surface area contributed by atoms with Gasteiger partial charge in [0.05, 0.1) is 18.6 Å². The largest absolute Gasteiger partial charge is 0.479 e. The molecule has 1 aromatic carbocycles. The zero-order valence-corrected chi connectivity index (χ0v) is 16.6. The first-order valence-corrected chi connectivity index (χ1v) is 9.01. The third-order valence-corrected chi connectivity index (χ3v) is 3.83. The Morgan fingerprint density at radius 2 is 1.54 bits per heavy atom. The monoisotopic (exact) mass is 392 g/mol. The average Bonchev–Trinajstić information content (AvgIpc) is 2.61. The van der Waals surface area contributed by atoms with Gasteiger partial charge in [0.2, 0.25) is 0 Å². The van der Waals surface area contributed by atoms with E-state index in [4.69, 9.17) is 23.4 Å². The Bertz CT molecular complexity index is 914. The molecule has 0 fully saturated rings. The number of benzene rings is 1. The minimum atomic E-state index is -0.896. The van der Waals surface area contributed by atoms with E-state index in [0.717, 1.165) is 0 Å². The molecule has 0 N–H and O–H groups in total. The van der Waals surface area contributed by atoms with Crippen LogP contribution in [0.4, 0.5) is 0 Å². The lowest BCUT2D eigenvalue weighted by atomic mass is 10.1. The molecule has 2 rings (SSSR count). The lowest BCUT2D eigenvalue weighted by Crippen LogP contribution is -2.27. The van der Waals surface area contributed by atoms with Gasteiger partial charge in [-0.2, -0.15) is 0 Å². The van der Waals surface area contributed by atoms with Gasteiger partial charge in [-0.25, -0.2) is 14.4 Å². The first kappa shape index (κ1) is 21.3. The number of carbonyl (C=O) groups excluding carboxylic acids is 2. The molecule has 1 heterocycles. The number of fused-ring (bicyclic) bond motifs is 1. The van der Waals surface area contributed by atoms with Crippen LogP contribution in [0.15, 0.2) is 27.4 Å². The Hall–Kier alpha value is -3.03. The fourth-order valence-electron chi connectivity index (χ4n) is 2.59. The molecule has 0 spiro atoms. The van der Waals surface area contributed by atoms with E-state index in [1.54, 1.807) is 27.7 Å². The molecule has 0 aliphatic carbocycles. The summed E-state index contributed by atoms with van der Waals surface area (Å²) in [6.07, 6.45) is -1.78. The second-order valence-electron chi connectivity index (χ2n) is 6.07. The number of ether oxygens (including phenoxy) is 4. The van der Waals surface area contributed by atoms with Crippen LogP contribution in [0.25, 0.3) is 11.0 Å². The standard InChI is InChI=1S/C20H24O8/c1-6-24-19(22)12(4)26-14-9-15(27-13(5)20(23)25-7-2)18-11(3)8-17(21)28-16(18)10-14/h8-10,12-13H,6-7H2,1-5H3/t12-,13+/m0/s1. The van der Waals surface area contributed by atoms with Crippen molar-refractivity contribution < 1.29 is 33.0 Å². The first-order valence-electron chi connectivity index (χ1n) is 9.01. The van der Waals surface area contributed by atoms with Crippen LogP contribution in [0, 0.1) is 6.92 Å². The molecule has 0 unspecified atom stereocenters. The molecule has 0 bridgehead atoms. The molecule has 0 saturated heterocycles. The second kappa shape index (κ2) is 9.25. The third-order valence-electron chi connectivity index (χ3n) is 3.83. The topological polar surface area (TPSA) is 101 Å². The summed E-state index contributed by atoms with van der Waals surface area (Å²) in [6, 6.07) is 4.34.